The molecule has 2 aromatic heterocycles. The van der Waals surface area contributed by atoms with Gasteiger partial charge in [-0.2, -0.15) is 4.98 Å². The molecule has 0 saturated heterocycles. The average molecular weight is 273 g/mol. The van der Waals surface area contributed by atoms with Crippen LogP contribution < -0.4 is 4.90 Å². The Hall–Kier alpha value is -1.98. The van der Waals surface area contributed by atoms with Gasteiger partial charge < -0.3 is 9.42 Å². The van der Waals surface area contributed by atoms with Crippen LogP contribution in [-0.2, 0) is 19.4 Å². The summed E-state index contributed by atoms with van der Waals surface area (Å²) >= 11 is 0. The molecule has 0 aliphatic heterocycles. The Kier molecular flexibility index (Phi) is 3.38. The van der Waals surface area contributed by atoms with E-state index in [9.17, 15) is 0 Å². The van der Waals surface area contributed by atoms with Gasteiger partial charge in [0.05, 0.1) is 6.54 Å². The van der Waals surface area contributed by atoms with Crippen LogP contribution >= 0.6 is 0 Å². The Labute approximate surface area is 118 Å². The molecule has 0 aromatic carbocycles. The van der Waals surface area contributed by atoms with Gasteiger partial charge >= 0.3 is 0 Å². The molecule has 0 fully saturated rings. The number of fused-ring (bicyclic) bond motifs is 1. The second-order valence-electron chi connectivity index (χ2n) is 5.31. The number of rotatable bonds is 3. The quantitative estimate of drug-likeness (QED) is 0.852. The highest BCUT2D eigenvalue weighted by atomic mass is 16.5. The van der Waals surface area contributed by atoms with Crippen molar-refractivity contribution >= 4 is 5.82 Å². The summed E-state index contributed by atoms with van der Waals surface area (Å²) in [5.41, 5.74) is 2.49. The first-order valence-corrected chi connectivity index (χ1v) is 7.00. The molecular formula is C14H19N5O. The van der Waals surface area contributed by atoms with Crippen LogP contribution in [0.1, 0.15) is 41.6 Å². The lowest BCUT2D eigenvalue weighted by Crippen LogP contribution is -2.23. The molecule has 0 amide bonds. The molecule has 1 aliphatic rings. The van der Waals surface area contributed by atoms with E-state index in [4.69, 9.17) is 4.52 Å². The molecule has 106 valence electrons. The Balaban J connectivity index is 1.90. The number of anilines is 1. The Morgan fingerprint density at radius 3 is 2.65 bits per heavy atom. The molecule has 0 N–H and O–H groups in total. The number of aromatic nitrogens is 4. The lowest BCUT2D eigenvalue weighted by Gasteiger charge is -2.24. The van der Waals surface area contributed by atoms with Crippen LogP contribution in [0.5, 0.6) is 0 Å². The monoisotopic (exact) mass is 273 g/mol. The summed E-state index contributed by atoms with van der Waals surface area (Å²) in [6.45, 7) is 4.35. The number of nitrogens with zero attached hydrogens (tertiary/aromatic N) is 5. The summed E-state index contributed by atoms with van der Waals surface area (Å²) in [4.78, 5) is 15.5. The standard InChI is InChI=1S/C14H19N5O/c1-9-15-12-7-5-4-6-11(12)14(16-9)19(3)8-13-17-10(2)20-18-13/h4-8H2,1-3H3. The minimum atomic E-state index is 0.592. The van der Waals surface area contributed by atoms with E-state index in [-0.39, 0.29) is 0 Å². The van der Waals surface area contributed by atoms with Crippen LogP contribution in [0, 0.1) is 13.8 Å². The first-order chi connectivity index (χ1) is 9.63. The van der Waals surface area contributed by atoms with E-state index < -0.39 is 0 Å². The average Bonchev–Trinajstić information content (AvgIpc) is 2.83. The van der Waals surface area contributed by atoms with Gasteiger partial charge in [-0.25, -0.2) is 9.97 Å². The van der Waals surface area contributed by atoms with Gasteiger partial charge in [0.15, 0.2) is 5.82 Å². The summed E-state index contributed by atoms with van der Waals surface area (Å²) < 4.78 is 5.02. The Morgan fingerprint density at radius 2 is 1.90 bits per heavy atom. The minimum absolute atomic E-state index is 0.592. The van der Waals surface area contributed by atoms with Crippen molar-refractivity contribution in [2.45, 2.75) is 46.1 Å². The van der Waals surface area contributed by atoms with E-state index in [0.717, 1.165) is 24.5 Å². The molecule has 0 radical (unpaired) electrons. The third-order valence-electron chi connectivity index (χ3n) is 3.58. The van der Waals surface area contributed by atoms with E-state index in [0.29, 0.717) is 18.3 Å². The predicted molar refractivity (Wildman–Crippen MR) is 74.6 cm³/mol. The predicted octanol–water partition coefficient (Wildman–Crippen LogP) is 1.99. The Bertz CT molecular complexity index is 622. The van der Waals surface area contributed by atoms with Crippen molar-refractivity contribution in [2.75, 3.05) is 11.9 Å². The summed E-state index contributed by atoms with van der Waals surface area (Å²) in [5.74, 6) is 3.12. The molecule has 1 aliphatic carbocycles. The van der Waals surface area contributed by atoms with E-state index in [1.807, 2.05) is 14.0 Å². The fraction of sp³-hybridized carbons (Fsp3) is 0.571. The van der Waals surface area contributed by atoms with E-state index >= 15 is 0 Å². The van der Waals surface area contributed by atoms with Gasteiger partial charge in [-0.3, -0.25) is 0 Å². The van der Waals surface area contributed by atoms with Crippen molar-refractivity contribution in [1.82, 2.24) is 20.1 Å². The maximum Gasteiger partial charge on any atom is 0.223 e. The zero-order chi connectivity index (χ0) is 14.1. The van der Waals surface area contributed by atoms with E-state index in [1.165, 1.54) is 24.1 Å². The SMILES string of the molecule is Cc1nc2c(c(N(C)Cc3noc(C)n3)n1)CCCC2. The van der Waals surface area contributed by atoms with E-state index in [2.05, 4.69) is 25.0 Å². The molecule has 0 unspecified atom stereocenters. The third-order valence-corrected chi connectivity index (χ3v) is 3.58. The maximum atomic E-state index is 5.02. The van der Waals surface area contributed by atoms with Crippen molar-refractivity contribution in [1.29, 1.82) is 0 Å². The molecular weight excluding hydrogens is 254 g/mol. The van der Waals surface area contributed by atoms with Gasteiger partial charge in [-0.1, -0.05) is 5.16 Å². The highest BCUT2D eigenvalue weighted by molar-refractivity contribution is 5.49. The van der Waals surface area contributed by atoms with Gasteiger partial charge in [0, 0.05) is 25.2 Å². The Morgan fingerprint density at radius 1 is 1.10 bits per heavy atom. The molecule has 3 rings (SSSR count). The fourth-order valence-corrected chi connectivity index (χ4v) is 2.70. The van der Waals surface area contributed by atoms with Crippen molar-refractivity contribution in [3.8, 4) is 0 Å². The zero-order valence-electron chi connectivity index (χ0n) is 12.2. The summed E-state index contributed by atoms with van der Waals surface area (Å²) in [6.07, 6.45) is 4.54. The first kappa shape index (κ1) is 13.0. The highest BCUT2D eigenvalue weighted by Crippen LogP contribution is 2.27. The highest BCUT2D eigenvalue weighted by Gasteiger charge is 2.20. The topological polar surface area (TPSA) is 67.9 Å². The molecule has 20 heavy (non-hydrogen) atoms. The van der Waals surface area contributed by atoms with Crippen LogP contribution in [0.15, 0.2) is 4.52 Å². The second kappa shape index (κ2) is 5.19. The number of hydrogen-bond acceptors (Lipinski definition) is 6. The smallest absolute Gasteiger partial charge is 0.223 e. The molecule has 0 bridgehead atoms. The molecule has 0 spiro atoms. The van der Waals surface area contributed by atoms with Crippen LogP contribution in [0.3, 0.4) is 0 Å². The van der Waals surface area contributed by atoms with Crippen molar-refractivity contribution < 1.29 is 4.52 Å². The zero-order valence-corrected chi connectivity index (χ0v) is 12.2. The molecule has 6 nitrogen and oxygen atoms in total. The number of aryl methyl sites for hydroxylation is 3. The molecule has 6 heteroatoms. The molecule has 0 atom stereocenters. The van der Waals surface area contributed by atoms with Gasteiger partial charge in [0.25, 0.3) is 0 Å². The molecule has 2 heterocycles. The van der Waals surface area contributed by atoms with Gasteiger partial charge in [-0.05, 0) is 32.6 Å². The van der Waals surface area contributed by atoms with E-state index in [1.54, 1.807) is 6.92 Å². The van der Waals surface area contributed by atoms with Crippen LogP contribution in [0.4, 0.5) is 5.82 Å². The van der Waals surface area contributed by atoms with Crippen molar-refractivity contribution in [2.24, 2.45) is 0 Å². The lowest BCUT2D eigenvalue weighted by atomic mass is 9.96. The van der Waals surface area contributed by atoms with Crippen molar-refractivity contribution in [3.05, 3.63) is 28.8 Å². The first-order valence-electron chi connectivity index (χ1n) is 7.00. The minimum Gasteiger partial charge on any atom is -0.352 e. The summed E-state index contributed by atoms with van der Waals surface area (Å²) in [5, 5.41) is 3.94. The van der Waals surface area contributed by atoms with Gasteiger partial charge in [0.2, 0.25) is 5.89 Å². The van der Waals surface area contributed by atoms with Crippen LogP contribution in [-0.4, -0.2) is 27.2 Å². The third kappa shape index (κ3) is 2.50. The fourth-order valence-electron chi connectivity index (χ4n) is 2.70. The number of hydrogen-bond donors (Lipinski definition) is 0. The van der Waals surface area contributed by atoms with Gasteiger partial charge in [0.1, 0.15) is 11.6 Å². The summed E-state index contributed by atoms with van der Waals surface area (Å²) in [7, 11) is 2.02. The van der Waals surface area contributed by atoms with Crippen LogP contribution in [0.2, 0.25) is 0 Å². The maximum absolute atomic E-state index is 5.02. The van der Waals surface area contributed by atoms with Gasteiger partial charge in [-0.15, -0.1) is 0 Å². The summed E-state index contributed by atoms with van der Waals surface area (Å²) in [6, 6.07) is 0. The lowest BCUT2D eigenvalue weighted by molar-refractivity contribution is 0.387. The second-order valence-corrected chi connectivity index (χ2v) is 5.31. The van der Waals surface area contributed by atoms with Crippen molar-refractivity contribution in [3.63, 3.8) is 0 Å². The van der Waals surface area contributed by atoms with Crippen LogP contribution in [0.25, 0.3) is 0 Å². The molecule has 0 saturated carbocycles. The normalized spacial score (nSPS) is 14.2. The largest absolute Gasteiger partial charge is 0.352 e. The molecule has 2 aromatic rings.